The van der Waals surface area contributed by atoms with Crippen LogP contribution in [-0.2, 0) is 17.3 Å². The molecule has 0 N–H and O–H groups in total. The number of nitro groups is 1. The minimum atomic E-state index is -4.83. The Labute approximate surface area is 268 Å². The Morgan fingerprint density at radius 2 is 1.75 bits per heavy atom. The first-order valence-corrected chi connectivity index (χ1v) is 14.0. The van der Waals surface area contributed by atoms with Crippen LogP contribution in [0, 0.1) is 35.8 Å². The van der Waals surface area contributed by atoms with Gasteiger partial charge in [0.15, 0.2) is 0 Å². The Morgan fingerprint density at radius 1 is 1.05 bits per heavy atom. The first-order chi connectivity index (χ1) is 19.7. The van der Waals surface area contributed by atoms with Gasteiger partial charge in [0.05, 0.1) is 36.8 Å². The van der Waals surface area contributed by atoms with E-state index >= 15 is 0 Å². The number of halogens is 5. The number of piperazine rings is 1. The van der Waals surface area contributed by atoms with Gasteiger partial charge in [-0.3, -0.25) is 24.7 Å². The molecule has 2 aliphatic rings. The molecule has 2 fully saturated rings. The van der Waals surface area contributed by atoms with Crippen LogP contribution in [0.25, 0.3) is 0 Å². The van der Waals surface area contributed by atoms with Crippen molar-refractivity contribution in [2.45, 2.75) is 51.9 Å². The first-order valence-electron chi connectivity index (χ1n) is 14.0. The van der Waals surface area contributed by atoms with Crippen LogP contribution in [0.15, 0.2) is 36.4 Å². The van der Waals surface area contributed by atoms with E-state index in [4.69, 9.17) is 4.74 Å². The number of hydrogen-bond donors (Lipinski definition) is 0. The Bertz CT molecular complexity index is 1390. The van der Waals surface area contributed by atoms with Crippen molar-refractivity contribution in [1.29, 1.82) is 0 Å². The largest absolute Gasteiger partial charge is 0.416 e. The Hall–Kier alpha value is -2.88. The number of morpholine rings is 1. The van der Waals surface area contributed by atoms with Gasteiger partial charge in [0.2, 0.25) is 0 Å². The van der Waals surface area contributed by atoms with Crippen LogP contribution in [0.3, 0.4) is 0 Å². The lowest BCUT2D eigenvalue weighted by atomic mass is 9.97. The standard InChI is InChI=1S/C31H37F3N4O4.2ClH/c1-22-7-8-24(15-23(22)2)16-28-20-35(9-5-6-10-36-13-14-42-21-30(36,3)4)11-12-37(28)29(39)25-17-26(31(32,33)34)19-27(18-25)38(40)41;;/h7-8,15,17-19,28H,9-14,16,20-21H2,1-4H3;2*1H. The molecule has 2 heterocycles. The van der Waals surface area contributed by atoms with Crippen LogP contribution < -0.4 is 0 Å². The predicted molar refractivity (Wildman–Crippen MR) is 168 cm³/mol. The van der Waals surface area contributed by atoms with E-state index in [9.17, 15) is 28.1 Å². The molecule has 13 heteroatoms. The number of amides is 1. The van der Waals surface area contributed by atoms with Gasteiger partial charge in [-0.05, 0) is 56.9 Å². The summed E-state index contributed by atoms with van der Waals surface area (Å²) in [7, 11) is 0. The van der Waals surface area contributed by atoms with Crippen LogP contribution in [0.4, 0.5) is 18.9 Å². The lowest BCUT2D eigenvalue weighted by molar-refractivity contribution is -0.385. The SMILES string of the molecule is Cc1ccc(CC2CN(CC#CCN3CCOCC3(C)C)CCN2C(=O)c2cc([N+](=O)[O-])cc(C(F)(F)F)c2)cc1C.Cl.Cl. The molecule has 1 atom stereocenters. The highest BCUT2D eigenvalue weighted by atomic mass is 35.5. The summed E-state index contributed by atoms with van der Waals surface area (Å²) >= 11 is 0. The van der Waals surface area contributed by atoms with E-state index in [1.807, 2.05) is 26.0 Å². The second-order valence-corrected chi connectivity index (χ2v) is 11.7. The quantitative estimate of drug-likeness (QED) is 0.230. The molecule has 0 aromatic heterocycles. The molecule has 4 rings (SSSR count). The normalized spacial score (nSPS) is 18.8. The second kappa shape index (κ2) is 15.4. The molecule has 8 nitrogen and oxygen atoms in total. The highest BCUT2D eigenvalue weighted by molar-refractivity contribution is 5.95. The molecule has 2 aromatic carbocycles. The van der Waals surface area contributed by atoms with Crippen LogP contribution in [0.5, 0.6) is 0 Å². The third-order valence-corrected chi connectivity index (χ3v) is 8.09. The van der Waals surface area contributed by atoms with E-state index in [0.717, 1.165) is 29.3 Å². The lowest BCUT2D eigenvalue weighted by Crippen LogP contribution is -2.56. The fraction of sp³-hybridized carbons (Fsp3) is 0.516. The van der Waals surface area contributed by atoms with Crippen molar-refractivity contribution in [3.05, 3.63) is 74.3 Å². The van der Waals surface area contributed by atoms with Crippen molar-refractivity contribution in [2.75, 3.05) is 52.5 Å². The Morgan fingerprint density at radius 3 is 2.39 bits per heavy atom. The van der Waals surface area contributed by atoms with Gasteiger partial charge >= 0.3 is 6.18 Å². The zero-order valence-corrected chi connectivity index (χ0v) is 26.9. The lowest BCUT2D eigenvalue weighted by Gasteiger charge is -2.41. The summed E-state index contributed by atoms with van der Waals surface area (Å²) < 4.78 is 46.2. The number of nitrogens with zero attached hydrogens (tertiary/aromatic N) is 4. The van der Waals surface area contributed by atoms with Crippen molar-refractivity contribution < 1.29 is 27.6 Å². The topological polar surface area (TPSA) is 79.2 Å². The highest BCUT2D eigenvalue weighted by Gasteiger charge is 2.36. The Kier molecular flexibility index (Phi) is 13.1. The van der Waals surface area contributed by atoms with E-state index < -0.39 is 28.3 Å². The summed E-state index contributed by atoms with van der Waals surface area (Å²) in [6, 6.07) is 7.77. The maximum Gasteiger partial charge on any atom is 0.416 e. The molecule has 242 valence electrons. The molecule has 44 heavy (non-hydrogen) atoms. The van der Waals surface area contributed by atoms with Gasteiger partial charge in [0, 0.05) is 55.5 Å². The summed E-state index contributed by atoms with van der Waals surface area (Å²) in [5.74, 6) is 5.86. The smallest absolute Gasteiger partial charge is 0.378 e. The number of benzene rings is 2. The van der Waals surface area contributed by atoms with Gasteiger partial charge in [-0.1, -0.05) is 30.0 Å². The summed E-state index contributed by atoms with van der Waals surface area (Å²) in [6.07, 6.45) is -4.34. The van der Waals surface area contributed by atoms with Crippen molar-refractivity contribution in [1.82, 2.24) is 14.7 Å². The molecule has 1 amide bonds. The minimum Gasteiger partial charge on any atom is -0.378 e. The molecule has 0 saturated carbocycles. The predicted octanol–water partition coefficient (Wildman–Crippen LogP) is 5.56. The average Bonchev–Trinajstić information content (AvgIpc) is 2.92. The number of ether oxygens (including phenoxy) is 1. The van der Waals surface area contributed by atoms with Crippen LogP contribution in [-0.4, -0.2) is 89.6 Å². The van der Waals surface area contributed by atoms with Crippen molar-refractivity contribution in [2.24, 2.45) is 0 Å². The summed E-state index contributed by atoms with van der Waals surface area (Å²) in [6.45, 7) is 12.7. The molecule has 0 bridgehead atoms. The average molecular weight is 660 g/mol. The van der Waals surface area contributed by atoms with E-state index in [2.05, 4.69) is 41.6 Å². The molecular formula is C31H39Cl2F3N4O4. The zero-order valence-electron chi connectivity index (χ0n) is 25.3. The van der Waals surface area contributed by atoms with Gasteiger partial charge < -0.3 is 9.64 Å². The molecule has 0 spiro atoms. The van der Waals surface area contributed by atoms with Gasteiger partial charge in [-0.25, -0.2) is 0 Å². The van der Waals surface area contributed by atoms with Crippen LogP contribution >= 0.6 is 24.8 Å². The fourth-order valence-electron chi connectivity index (χ4n) is 5.38. The number of alkyl halides is 3. The maximum atomic E-state index is 13.7. The molecule has 0 radical (unpaired) electrons. The zero-order chi connectivity index (χ0) is 30.7. The number of carbonyl (C=O) groups excluding carboxylic acids is 1. The minimum absolute atomic E-state index is 0. The van der Waals surface area contributed by atoms with Gasteiger partial charge in [-0.15, -0.1) is 24.8 Å². The maximum absolute atomic E-state index is 13.7. The molecule has 1 unspecified atom stereocenters. The van der Waals surface area contributed by atoms with Crippen molar-refractivity contribution in [3.8, 4) is 11.8 Å². The first kappa shape index (κ1) is 37.3. The highest BCUT2D eigenvalue weighted by Crippen LogP contribution is 2.33. The van der Waals surface area contributed by atoms with E-state index in [-0.39, 0.29) is 48.5 Å². The molecule has 2 aliphatic heterocycles. The summed E-state index contributed by atoms with van der Waals surface area (Å²) in [5, 5.41) is 11.4. The van der Waals surface area contributed by atoms with Crippen molar-refractivity contribution in [3.63, 3.8) is 0 Å². The molecular weight excluding hydrogens is 620 g/mol. The number of carbonyl (C=O) groups is 1. The van der Waals surface area contributed by atoms with Crippen LogP contribution in [0.2, 0.25) is 0 Å². The molecule has 2 aromatic rings. The van der Waals surface area contributed by atoms with E-state index in [0.29, 0.717) is 57.9 Å². The van der Waals surface area contributed by atoms with Gasteiger partial charge in [-0.2, -0.15) is 13.2 Å². The number of hydrogen-bond acceptors (Lipinski definition) is 6. The monoisotopic (exact) mass is 658 g/mol. The third kappa shape index (κ3) is 9.31. The van der Waals surface area contributed by atoms with Crippen molar-refractivity contribution >= 4 is 36.4 Å². The van der Waals surface area contributed by atoms with Crippen LogP contribution in [0.1, 0.15) is 46.5 Å². The third-order valence-electron chi connectivity index (χ3n) is 8.09. The second-order valence-electron chi connectivity index (χ2n) is 11.7. The Balaban J connectivity index is 0.00000337. The molecule has 0 aliphatic carbocycles. The van der Waals surface area contributed by atoms with Gasteiger partial charge in [0.25, 0.3) is 11.6 Å². The van der Waals surface area contributed by atoms with E-state index in [1.54, 1.807) is 4.90 Å². The molecule has 2 saturated heterocycles. The van der Waals surface area contributed by atoms with Gasteiger partial charge in [0.1, 0.15) is 0 Å². The van der Waals surface area contributed by atoms with E-state index in [1.165, 1.54) is 0 Å². The number of aryl methyl sites for hydroxylation is 2. The summed E-state index contributed by atoms with van der Waals surface area (Å²) in [5.41, 5.74) is 0.811. The number of nitro benzene ring substituents is 1. The fourth-order valence-corrected chi connectivity index (χ4v) is 5.38. The number of rotatable bonds is 6. The summed E-state index contributed by atoms with van der Waals surface area (Å²) in [4.78, 5) is 30.1. The number of non-ortho nitro benzene ring substituents is 1.